The van der Waals surface area contributed by atoms with Crippen LogP contribution >= 0.6 is 0 Å². The number of hydrogen-bond donors (Lipinski definition) is 0. The summed E-state index contributed by atoms with van der Waals surface area (Å²) in [6, 6.07) is 0. The second kappa shape index (κ2) is 2.94. The Morgan fingerprint density at radius 2 is 2.36 bits per heavy atom. The summed E-state index contributed by atoms with van der Waals surface area (Å²) in [5, 5.41) is 0. The maximum Gasteiger partial charge on any atom is 0.187 e. The molecule has 1 aliphatic carbocycles. The van der Waals surface area contributed by atoms with Crippen LogP contribution in [0.2, 0.25) is 0 Å². The fourth-order valence-electron chi connectivity index (χ4n) is 1.80. The van der Waals surface area contributed by atoms with Gasteiger partial charge >= 0.3 is 0 Å². The lowest BCUT2D eigenvalue weighted by atomic mass is 9.77. The zero-order chi connectivity index (χ0) is 10.2. The highest BCUT2D eigenvalue weighted by molar-refractivity contribution is 6.05. The van der Waals surface area contributed by atoms with E-state index in [4.69, 9.17) is 4.74 Å². The van der Waals surface area contributed by atoms with Crippen molar-refractivity contribution in [3.63, 3.8) is 0 Å². The smallest absolute Gasteiger partial charge is 0.187 e. The highest BCUT2D eigenvalue weighted by atomic mass is 16.5. The summed E-state index contributed by atoms with van der Waals surface area (Å²) >= 11 is 0. The zero-order valence-electron chi connectivity index (χ0n) is 7.66. The Hall–Kier alpha value is -1.64. The molecule has 0 spiro atoms. The number of ketones is 2. The van der Waals surface area contributed by atoms with Crippen molar-refractivity contribution in [2.45, 2.75) is 6.42 Å². The Bertz CT molecular complexity index is 376. The van der Waals surface area contributed by atoms with Gasteiger partial charge in [0.15, 0.2) is 11.6 Å². The van der Waals surface area contributed by atoms with Crippen molar-refractivity contribution in [3.8, 4) is 0 Å². The molecule has 2 aliphatic rings. The third-order valence-electron chi connectivity index (χ3n) is 2.57. The van der Waals surface area contributed by atoms with Gasteiger partial charge in [0.2, 0.25) is 0 Å². The van der Waals surface area contributed by atoms with E-state index in [0.29, 0.717) is 12.2 Å². The molecule has 3 heteroatoms. The average molecular weight is 190 g/mol. The lowest BCUT2D eigenvalue weighted by molar-refractivity contribution is -0.122. The van der Waals surface area contributed by atoms with Gasteiger partial charge in [0, 0.05) is 6.08 Å². The van der Waals surface area contributed by atoms with Crippen LogP contribution < -0.4 is 0 Å². The summed E-state index contributed by atoms with van der Waals surface area (Å²) in [6.07, 6.45) is 6.58. The normalized spacial score (nSPS) is 29.6. The predicted octanol–water partition coefficient (Wildman–Crippen LogP) is 1.17. The molecule has 0 radical (unpaired) electrons. The first kappa shape index (κ1) is 8.94. The van der Waals surface area contributed by atoms with Crippen molar-refractivity contribution in [1.82, 2.24) is 0 Å². The van der Waals surface area contributed by atoms with Crippen molar-refractivity contribution in [1.29, 1.82) is 0 Å². The molecule has 3 nitrogen and oxygen atoms in total. The second-order valence-electron chi connectivity index (χ2n) is 3.42. The minimum Gasteiger partial charge on any atom is -0.489 e. The quantitative estimate of drug-likeness (QED) is 0.614. The number of fused-ring (bicyclic) bond motifs is 1. The SMILES string of the molecule is C=CCC12C=CC(=O)C=C1OCC2=O. The van der Waals surface area contributed by atoms with E-state index in [1.807, 2.05) is 0 Å². The summed E-state index contributed by atoms with van der Waals surface area (Å²) < 4.78 is 5.19. The van der Waals surface area contributed by atoms with Crippen LogP contribution in [0.15, 0.2) is 36.6 Å². The van der Waals surface area contributed by atoms with E-state index in [2.05, 4.69) is 6.58 Å². The molecule has 0 bridgehead atoms. The molecule has 1 saturated heterocycles. The lowest BCUT2D eigenvalue weighted by Gasteiger charge is -2.23. The molecular formula is C11H10O3. The van der Waals surface area contributed by atoms with Gasteiger partial charge in [-0.15, -0.1) is 6.58 Å². The van der Waals surface area contributed by atoms with Crippen LogP contribution in [0.1, 0.15) is 6.42 Å². The number of allylic oxidation sites excluding steroid dienone is 4. The zero-order valence-corrected chi connectivity index (χ0v) is 7.66. The molecular weight excluding hydrogens is 180 g/mol. The molecule has 1 heterocycles. The van der Waals surface area contributed by atoms with Gasteiger partial charge in [0.05, 0.1) is 0 Å². The maximum absolute atomic E-state index is 11.7. The Morgan fingerprint density at radius 3 is 3.07 bits per heavy atom. The van der Waals surface area contributed by atoms with Gasteiger partial charge < -0.3 is 4.74 Å². The van der Waals surface area contributed by atoms with E-state index in [9.17, 15) is 9.59 Å². The molecule has 0 aromatic rings. The molecule has 72 valence electrons. The first-order chi connectivity index (χ1) is 6.69. The predicted molar refractivity (Wildman–Crippen MR) is 50.4 cm³/mol. The third kappa shape index (κ3) is 1.05. The van der Waals surface area contributed by atoms with Crippen LogP contribution in [0.5, 0.6) is 0 Å². The number of ether oxygens (including phenoxy) is 1. The Kier molecular flexibility index (Phi) is 1.88. The van der Waals surface area contributed by atoms with E-state index < -0.39 is 5.41 Å². The Labute approximate surface area is 81.7 Å². The fraction of sp³-hybridized carbons (Fsp3) is 0.273. The molecule has 1 fully saturated rings. The van der Waals surface area contributed by atoms with Crippen LogP contribution in [0, 0.1) is 5.41 Å². The average Bonchev–Trinajstić information content (AvgIpc) is 2.46. The first-order valence-electron chi connectivity index (χ1n) is 4.41. The monoisotopic (exact) mass is 190 g/mol. The van der Waals surface area contributed by atoms with Gasteiger partial charge in [-0.3, -0.25) is 9.59 Å². The second-order valence-corrected chi connectivity index (χ2v) is 3.42. The van der Waals surface area contributed by atoms with E-state index in [1.165, 1.54) is 12.2 Å². The molecule has 0 saturated carbocycles. The van der Waals surface area contributed by atoms with Gasteiger partial charge in [0.1, 0.15) is 17.8 Å². The van der Waals surface area contributed by atoms with Gasteiger partial charge in [-0.25, -0.2) is 0 Å². The molecule has 2 rings (SSSR count). The van der Waals surface area contributed by atoms with Crippen molar-refractivity contribution in [3.05, 3.63) is 36.6 Å². The summed E-state index contributed by atoms with van der Waals surface area (Å²) in [5.41, 5.74) is -0.740. The molecule has 1 unspecified atom stereocenters. The molecule has 1 atom stereocenters. The minimum absolute atomic E-state index is 0.00704. The molecule has 0 aromatic carbocycles. The molecule has 0 N–H and O–H groups in total. The van der Waals surface area contributed by atoms with Crippen LogP contribution in [0.3, 0.4) is 0 Å². The topological polar surface area (TPSA) is 43.4 Å². The standard InChI is InChI=1S/C11H10O3/c1-2-4-11-5-3-8(12)6-10(11)14-7-9(11)13/h2-3,5-6H,1,4,7H2. The summed E-state index contributed by atoms with van der Waals surface area (Å²) in [4.78, 5) is 22.7. The fourth-order valence-corrected chi connectivity index (χ4v) is 1.80. The molecule has 14 heavy (non-hydrogen) atoms. The minimum atomic E-state index is -0.740. The van der Waals surface area contributed by atoms with Gasteiger partial charge in [-0.1, -0.05) is 12.2 Å². The van der Waals surface area contributed by atoms with Crippen LogP contribution in [-0.2, 0) is 14.3 Å². The summed E-state index contributed by atoms with van der Waals surface area (Å²) in [6.45, 7) is 3.66. The van der Waals surface area contributed by atoms with Gasteiger partial charge in [0.25, 0.3) is 0 Å². The highest BCUT2D eigenvalue weighted by Gasteiger charge is 2.47. The molecule has 0 aromatic heterocycles. The van der Waals surface area contributed by atoms with Crippen LogP contribution in [0.25, 0.3) is 0 Å². The van der Waals surface area contributed by atoms with Crippen molar-refractivity contribution >= 4 is 11.6 Å². The van der Waals surface area contributed by atoms with Crippen molar-refractivity contribution < 1.29 is 14.3 Å². The maximum atomic E-state index is 11.7. The van der Waals surface area contributed by atoms with E-state index in [1.54, 1.807) is 12.2 Å². The largest absolute Gasteiger partial charge is 0.489 e. The van der Waals surface area contributed by atoms with E-state index >= 15 is 0 Å². The molecule has 1 aliphatic heterocycles. The van der Waals surface area contributed by atoms with Gasteiger partial charge in [-0.05, 0) is 12.5 Å². The third-order valence-corrected chi connectivity index (χ3v) is 2.57. The number of carbonyl (C=O) groups excluding carboxylic acids is 2. The summed E-state index contributed by atoms with van der Waals surface area (Å²) in [5.74, 6) is 0.330. The number of Topliss-reactive ketones (excluding diaryl/α,β-unsaturated/α-hetero) is 1. The number of rotatable bonds is 2. The van der Waals surface area contributed by atoms with Crippen LogP contribution in [0.4, 0.5) is 0 Å². The van der Waals surface area contributed by atoms with E-state index in [0.717, 1.165) is 0 Å². The van der Waals surface area contributed by atoms with Crippen molar-refractivity contribution in [2.24, 2.45) is 5.41 Å². The Morgan fingerprint density at radius 1 is 1.57 bits per heavy atom. The number of hydrogen-bond acceptors (Lipinski definition) is 3. The van der Waals surface area contributed by atoms with Crippen molar-refractivity contribution in [2.75, 3.05) is 6.61 Å². The first-order valence-corrected chi connectivity index (χ1v) is 4.41. The summed E-state index contributed by atoms with van der Waals surface area (Å²) in [7, 11) is 0. The highest BCUT2D eigenvalue weighted by Crippen LogP contribution is 2.42. The van der Waals surface area contributed by atoms with E-state index in [-0.39, 0.29) is 18.2 Å². The van der Waals surface area contributed by atoms with Crippen LogP contribution in [-0.4, -0.2) is 18.2 Å². The Balaban J connectivity index is 2.47. The van der Waals surface area contributed by atoms with Gasteiger partial charge in [-0.2, -0.15) is 0 Å². The number of carbonyl (C=O) groups is 2. The lowest BCUT2D eigenvalue weighted by Crippen LogP contribution is -2.28. The molecule has 0 amide bonds.